The second-order valence-corrected chi connectivity index (χ2v) is 6.58. The van der Waals surface area contributed by atoms with Crippen LogP contribution in [0, 0.1) is 6.92 Å². The molecule has 1 unspecified atom stereocenters. The fourth-order valence-electron chi connectivity index (χ4n) is 3.09. The van der Waals surface area contributed by atoms with E-state index in [1.165, 1.54) is 0 Å². The monoisotopic (exact) mass is 432 g/mol. The summed E-state index contributed by atoms with van der Waals surface area (Å²) in [7, 11) is 0. The van der Waals surface area contributed by atoms with Gasteiger partial charge in [0.05, 0.1) is 11.8 Å². The van der Waals surface area contributed by atoms with Crippen LogP contribution in [0.5, 0.6) is 0 Å². The molecule has 1 amide bonds. The molecule has 141 valence electrons. The summed E-state index contributed by atoms with van der Waals surface area (Å²) in [5.41, 5.74) is 1.80. The molecule has 1 aromatic carbocycles. The van der Waals surface area contributed by atoms with E-state index in [-0.39, 0.29) is 38.6 Å². The van der Waals surface area contributed by atoms with Crippen molar-refractivity contribution in [2.24, 2.45) is 0 Å². The minimum atomic E-state index is -0.420. The Morgan fingerprint density at radius 3 is 2.62 bits per heavy atom. The van der Waals surface area contributed by atoms with Gasteiger partial charge in [-0.15, -0.1) is 0 Å². The smallest absolute Gasteiger partial charge is 0.242 e. The zero-order valence-electron chi connectivity index (χ0n) is 15.9. The molecule has 0 spiro atoms. The van der Waals surface area contributed by atoms with Crippen molar-refractivity contribution < 1.29 is 42.6 Å². The summed E-state index contributed by atoms with van der Waals surface area (Å²) in [6.45, 7) is 7.46. The normalized spacial score (nSPS) is 16.3. The van der Waals surface area contributed by atoms with Gasteiger partial charge in [0.2, 0.25) is 5.91 Å². The number of amides is 1. The van der Waals surface area contributed by atoms with Crippen molar-refractivity contribution in [3.05, 3.63) is 48.9 Å². The molecule has 1 fully saturated rings. The van der Waals surface area contributed by atoms with Crippen LogP contribution in [-0.4, -0.2) is 29.1 Å². The number of carbonyl (C=O) groups is 1. The number of rotatable bonds is 10. The molecule has 1 aromatic rings. The third kappa shape index (κ3) is 6.88. The van der Waals surface area contributed by atoms with Crippen molar-refractivity contribution in [3.63, 3.8) is 0 Å². The van der Waals surface area contributed by atoms with Crippen molar-refractivity contribution in [2.75, 3.05) is 18.1 Å². The fraction of sp³-hybridized carbons (Fsp3) is 0.524. The van der Waals surface area contributed by atoms with Crippen LogP contribution < -0.4 is 5.01 Å². The molecule has 1 saturated heterocycles. The van der Waals surface area contributed by atoms with Gasteiger partial charge < -0.3 is 12.0 Å². The van der Waals surface area contributed by atoms with Crippen molar-refractivity contribution >= 4 is 11.6 Å². The molecule has 1 N–H and O–H groups in total. The van der Waals surface area contributed by atoms with Crippen LogP contribution >= 0.6 is 0 Å². The molecular formula is C21H31N2O2Y-. The minimum absolute atomic E-state index is 0. The molecule has 4 nitrogen and oxygen atoms in total. The van der Waals surface area contributed by atoms with Crippen LogP contribution in [-0.2, 0) is 37.5 Å². The first-order chi connectivity index (χ1) is 12.2. The first-order valence-corrected chi connectivity index (χ1v) is 9.47. The molecule has 1 aliphatic heterocycles. The number of aliphatic hydroxyl groups excluding tert-OH is 1. The van der Waals surface area contributed by atoms with Crippen LogP contribution in [0.4, 0.5) is 5.69 Å². The molecule has 1 atom stereocenters. The molecule has 1 heterocycles. The average molecular weight is 432 g/mol. The Balaban J connectivity index is 0.00000338. The van der Waals surface area contributed by atoms with E-state index in [9.17, 15) is 9.90 Å². The van der Waals surface area contributed by atoms with E-state index in [0.29, 0.717) is 6.42 Å². The van der Waals surface area contributed by atoms with E-state index in [0.717, 1.165) is 62.9 Å². The number of hydrogen-bond acceptors (Lipinski definition) is 3. The van der Waals surface area contributed by atoms with Crippen LogP contribution in [0.25, 0.3) is 0 Å². The zero-order chi connectivity index (χ0) is 18.1. The Bertz CT molecular complexity index is 560. The second-order valence-electron chi connectivity index (χ2n) is 6.58. The summed E-state index contributed by atoms with van der Waals surface area (Å²) in [5.74, 6) is 0.127. The van der Waals surface area contributed by atoms with Crippen molar-refractivity contribution in [2.45, 2.75) is 58.0 Å². The Labute approximate surface area is 183 Å². The van der Waals surface area contributed by atoms with E-state index in [1.807, 2.05) is 24.3 Å². The molecular weight excluding hydrogens is 401 g/mol. The fourth-order valence-corrected chi connectivity index (χ4v) is 3.09. The van der Waals surface area contributed by atoms with E-state index in [1.54, 1.807) is 5.01 Å². The maximum absolute atomic E-state index is 12.3. The first-order valence-electron chi connectivity index (χ1n) is 9.47. The van der Waals surface area contributed by atoms with Crippen molar-refractivity contribution in [3.8, 4) is 0 Å². The molecule has 1 aliphatic rings. The van der Waals surface area contributed by atoms with Crippen LogP contribution in [0.3, 0.4) is 0 Å². The van der Waals surface area contributed by atoms with Gasteiger partial charge in [-0.1, -0.05) is 56.9 Å². The van der Waals surface area contributed by atoms with Gasteiger partial charge in [0.15, 0.2) is 0 Å². The third-order valence-corrected chi connectivity index (χ3v) is 4.56. The van der Waals surface area contributed by atoms with Crippen LogP contribution in [0.15, 0.2) is 36.4 Å². The Kier molecular flexibility index (Phi) is 11.5. The zero-order valence-corrected chi connectivity index (χ0v) is 18.8. The Morgan fingerprint density at radius 1 is 1.23 bits per heavy atom. The van der Waals surface area contributed by atoms with Crippen LogP contribution in [0.2, 0.25) is 0 Å². The number of hydrazine groups is 1. The van der Waals surface area contributed by atoms with Gasteiger partial charge in [-0.2, -0.15) is 6.42 Å². The summed E-state index contributed by atoms with van der Waals surface area (Å²) < 4.78 is 0. The SMILES string of the molecule is [CH2-]CC/C=C\CN1CCC(=O)N1c1ccc(C(O)CCCCC)cc1.[Y]. The average Bonchev–Trinajstić information content (AvgIpc) is 2.99. The maximum Gasteiger partial charge on any atom is 0.242 e. The van der Waals surface area contributed by atoms with Crippen LogP contribution in [0.1, 0.15) is 63.5 Å². The van der Waals surface area contributed by atoms with Gasteiger partial charge >= 0.3 is 0 Å². The Morgan fingerprint density at radius 2 is 1.96 bits per heavy atom. The van der Waals surface area contributed by atoms with Crippen molar-refractivity contribution in [1.29, 1.82) is 0 Å². The van der Waals surface area contributed by atoms with E-state index in [2.05, 4.69) is 31.0 Å². The number of aliphatic hydroxyl groups is 1. The van der Waals surface area contributed by atoms with Gasteiger partial charge in [-0.25, -0.2) is 10.0 Å². The summed E-state index contributed by atoms with van der Waals surface area (Å²) in [4.78, 5) is 12.3. The quantitative estimate of drug-likeness (QED) is 0.338. The maximum atomic E-state index is 12.3. The molecule has 1 radical (unpaired) electrons. The van der Waals surface area contributed by atoms with Gasteiger partial charge in [0.1, 0.15) is 0 Å². The number of anilines is 1. The molecule has 0 aromatic heterocycles. The number of hydrogen-bond donors (Lipinski definition) is 1. The molecule has 26 heavy (non-hydrogen) atoms. The van der Waals surface area contributed by atoms with Gasteiger partial charge in [0.25, 0.3) is 0 Å². The predicted molar refractivity (Wildman–Crippen MR) is 103 cm³/mol. The number of allylic oxidation sites excluding steroid dienone is 1. The molecule has 5 heteroatoms. The molecule has 0 aliphatic carbocycles. The molecule has 2 rings (SSSR count). The molecule has 0 bridgehead atoms. The number of unbranched alkanes of at least 4 members (excludes halogenated alkanes) is 3. The largest absolute Gasteiger partial charge is 0.388 e. The standard InChI is InChI=1S/C21H31N2O2.Y/c1-3-5-7-9-16-22-17-15-21(25)23(22)19-13-11-18(12-14-19)20(24)10-8-6-4-2;/h7,9,11-14,20,24H,1,3-6,8,10,15-17H2,2H3;/q-1;/b9-7-;. The Hall–Kier alpha value is -0.546. The van der Waals surface area contributed by atoms with E-state index in [4.69, 9.17) is 0 Å². The number of benzene rings is 1. The van der Waals surface area contributed by atoms with Gasteiger partial charge in [0, 0.05) is 52.2 Å². The summed E-state index contributed by atoms with van der Waals surface area (Å²) in [5, 5.41) is 14.1. The first kappa shape index (κ1) is 23.5. The van der Waals surface area contributed by atoms with Crippen molar-refractivity contribution in [1.82, 2.24) is 5.01 Å². The van der Waals surface area contributed by atoms with Gasteiger partial charge in [-0.3, -0.25) is 4.79 Å². The summed E-state index contributed by atoms with van der Waals surface area (Å²) >= 11 is 0. The minimum Gasteiger partial charge on any atom is -0.388 e. The third-order valence-electron chi connectivity index (χ3n) is 4.56. The second kappa shape index (κ2) is 12.8. The van der Waals surface area contributed by atoms with E-state index < -0.39 is 6.10 Å². The summed E-state index contributed by atoms with van der Waals surface area (Å²) in [6, 6.07) is 7.76. The predicted octanol–water partition coefficient (Wildman–Crippen LogP) is 4.42. The van der Waals surface area contributed by atoms with Gasteiger partial charge in [-0.05, 0) is 24.1 Å². The summed E-state index contributed by atoms with van der Waals surface area (Å²) in [6.07, 6.45) is 10.3. The van der Waals surface area contributed by atoms with E-state index >= 15 is 0 Å². The topological polar surface area (TPSA) is 43.8 Å². The molecule has 0 saturated carbocycles. The number of carbonyl (C=O) groups excluding carboxylic acids is 1. The number of nitrogens with zero attached hydrogens (tertiary/aromatic N) is 2.